The number of aromatic nitrogens is 3. The molecule has 8 heteroatoms. The monoisotopic (exact) mass is 430 g/mol. The van der Waals surface area contributed by atoms with E-state index in [2.05, 4.69) is 15.1 Å². The van der Waals surface area contributed by atoms with Crippen LogP contribution in [0.1, 0.15) is 30.7 Å². The van der Waals surface area contributed by atoms with Crippen LogP contribution in [0.3, 0.4) is 0 Å². The molecule has 158 valence electrons. The Hall–Kier alpha value is -2.45. The summed E-state index contributed by atoms with van der Waals surface area (Å²) < 4.78 is 34.4. The molecule has 0 unspecified atom stereocenters. The lowest BCUT2D eigenvalue weighted by Crippen LogP contribution is -2.30. The van der Waals surface area contributed by atoms with Gasteiger partial charge < -0.3 is 4.74 Å². The molecule has 1 aromatic heterocycles. The minimum atomic E-state index is -0.388. The van der Waals surface area contributed by atoms with Crippen LogP contribution in [0, 0.1) is 11.6 Å². The average molecular weight is 431 g/mol. The molecule has 3 aromatic rings. The Balaban J connectivity index is 1.58. The Labute approximate surface area is 179 Å². The molecule has 5 nitrogen and oxygen atoms in total. The molecule has 1 saturated heterocycles. The fourth-order valence-corrected chi connectivity index (χ4v) is 4.52. The van der Waals surface area contributed by atoms with Gasteiger partial charge in [-0.05, 0) is 67.9 Å². The van der Waals surface area contributed by atoms with Crippen LogP contribution in [0.2, 0.25) is 0 Å². The van der Waals surface area contributed by atoms with Crippen molar-refractivity contribution in [3.63, 3.8) is 0 Å². The van der Waals surface area contributed by atoms with Gasteiger partial charge in [0.15, 0.2) is 22.5 Å². The van der Waals surface area contributed by atoms with Crippen LogP contribution in [-0.2, 0) is 12.3 Å². The molecule has 0 N–H and O–H groups in total. The van der Waals surface area contributed by atoms with Gasteiger partial charge in [0.25, 0.3) is 0 Å². The Bertz CT molecular complexity index is 987. The van der Waals surface area contributed by atoms with Gasteiger partial charge in [0, 0.05) is 11.4 Å². The van der Waals surface area contributed by atoms with E-state index in [1.54, 1.807) is 18.2 Å². The molecule has 0 spiro atoms. The van der Waals surface area contributed by atoms with Gasteiger partial charge in [-0.2, -0.15) is 0 Å². The van der Waals surface area contributed by atoms with Crippen molar-refractivity contribution in [2.45, 2.75) is 36.7 Å². The molecular formula is C22H24F2N4OS. The van der Waals surface area contributed by atoms with Crippen molar-refractivity contribution in [3.8, 4) is 11.4 Å². The zero-order valence-electron chi connectivity index (χ0n) is 16.9. The third-order valence-electron chi connectivity index (χ3n) is 5.18. The number of benzene rings is 2. The maximum absolute atomic E-state index is 14.0. The lowest BCUT2D eigenvalue weighted by atomic mass is 10.1. The highest BCUT2D eigenvalue weighted by Crippen LogP contribution is 2.28. The van der Waals surface area contributed by atoms with Crippen molar-refractivity contribution >= 4 is 11.8 Å². The van der Waals surface area contributed by atoms with Gasteiger partial charge >= 0.3 is 0 Å². The Morgan fingerprint density at radius 3 is 2.47 bits per heavy atom. The van der Waals surface area contributed by atoms with E-state index in [0.29, 0.717) is 17.5 Å². The van der Waals surface area contributed by atoms with E-state index in [9.17, 15) is 8.78 Å². The zero-order chi connectivity index (χ0) is 20.9. The smallest absolute Gasteiger partial charge is 0.196 e. The van der Waals surface area contributed by atoms with Crippen molar-refractivity contribution in [3.05, 3.63) is 65.5 Å². The third-order valence-corrected chi connectivity index (χ3v) is 6.18. The number of ether oxygens (including phenoxy) is 1. The second-order valence-corrected chi connectivity index (χ2v) is 8.25. The predicted octanol–water partition coefficient (Wildman–Crippen LogP) is 4.83. The van der Waals surface area contributed by atoms with E-state index in [1.165, 1.54) is 56.3 Å². The van der Waals surface area contributed by atoms with Crippen LogP contribution < -0.4 is 4.74 Å². The van der Waals surface area contributed by atoms with Crippen LogP contribution >= 0.6 is 11.8 Å². The molecule has 2 aromatic carbocycles. The predicted molar refractivity (Wildman–Crippen MR) is 113 cm³/mol. The quantitative estimate of drug-likeness (QED) is 0.502. The number of methoxy groups -OCH3 is 1. The number of piperidine rings is 1. The van der Waals surface area contributed by atoms with Crippen LogP contribution in [0.15, 0.2) is 47.6 Å². The van der Waals surface area contributed by atoms with E-state index in [0.717, 1.165) is 30.2 Å². The second-order valence-electron chi connectivity index (χ2n) is 7.31. The lowest BCUT2D eigenvalue weighted by Gasteiger charge is -2.26. The average Bonchev–Trinajstić information content (AvgIpc) is 3.16. The number of thioether (sulfide) groups is 1. The molecule has 30 heavy (non-hydrogen) atoms. The number of nitrogens with zero attached hydrogens (tertiary/aromatic N) is 4. The Morgan fingerprint density at radius 1 is 1.00 bits per heavy atom. The van der Waals surface area contributed by atoms with E-state index in [4.69, 9.17) is 4.74 Å². The van der Waals surface area contributed by atoms with Crippen LogP contribution in [0.25, 0.3) is 5.69 Å². The Kier molecular flexibility index (Phi) is 6.64. The molecule has 0 atom stereocenters. The normalized spacial score (nSPS) is 14.8. The van der Waals surface area contributed by atoms with Crippen molar-refractivity contribution in [1.29, 1.82) is 0 Å². The molecular weight excluding hydrogens is 406 g/mol. The minimum Gasteiger partial charge on any atom is -0.494 e. The summed E-state index contributed by atoms with van der Waals surface area (Å²) in [6.45, 7) is 2.79. The Morgan fingerprint density at radius 2 is 1.77 bits per heavy atom. The highest BCUT2D eigenvalue weighted by atomic mass is 32.2. The zero-order valence-corrected chi connectivity index (χ0v) is 17.7. The summed E-state index contributed by atoms with van der Waals surface area (Å²) in [4.78, 5) is 2.38. The van der Waals surface area contributed by atoms with E-state index in [1.807, 2.05) is 10.6 Å². The third kappa shape index (κ3) is 4.82. The summed E-state index contributed by atoms with van der Waals surface area (Å²) >= 11 is 1.47. The SMILES string of the molecule is COc1ccc(CSc2nnc(CN3CCCCC3)n2-c2ccc(F)cc2)cc1F. The fourth-order valence-electron chi connectivity index (χ4n) is 3.61. The number of rotatable bonds is 7. The van der Waals surface area contributed by atoms with Crippen molar-refractivity contribution in [2.75, 3.05) is 20.2 Å². The summed E-state index contributed by atoms with van der Waals surface area (Å²) in [5, 5.41) is 9.52. The summed E-state index contributed by atoms with van der Waals surface area (Å²) in [5.74, 6) is 0.909. The molecule has 2 heterocycles. The molecule has 1 fully saturated rings. The highest BCUT2D eigenvalue weighted by molar-refractivity contribution is 7.98. The molecule has 0 aliphatic carbocycles. The molecule has 1 aliphatic heterocycles. The first-order valence-corrected chi connectivity index (χ1v) is 11.0. The maximum Gasteiger partial charge on any atom is 0.196 e. The van der Waals surface area contributed by atoms with E-state index in [-0.39, 0.29) is 17.4 Å². The molecule has 4 rings (SSSR count). The van der Waals surface area contributed by atoms with E-state index >= 15 is 0 Å². The molecule has 0 saturated carbocycles. The van der Waals surface area contributed by atoms with Crippen molar-refractivity contribution in [2.24, 2.45) is 0 Å². The number of halogens is 2. The first-order chi connectivity index (χ1) is 14.6. The summed E-state index contributed by atoms with van der Waals surface area (Å²) in [7, 11) is 1.45. The highest BCUT2D eigenvalue weighted by Gasteiger charge is 2.19. The number of likely N-dealkylation sites (tertiary alicyclic amines) is 1. The minimum absolute atomic E-state index is 0.224. The fraction of sp³-hybridized carbons (Fsp3) is 0.364. The summed E-state index contributed by atoms with van der Waals surface area (Å²) in [5.41, 5.74) is 1.64. The maximum atomic E-state index is 14.0. The van der Waals surface area contributed by atoms with Gasteiger partial charge in [-0.25, -0.2) is 8.78 Å². The molecule has 0 radical (unpaired) electrons. The first-order valence-electron chi connectivity index (χ1n) is 10.0. The van der Waals surface area contributed by atoms with Crippen LogP contribution in [0.4, 0.5) is 8.78 Å². The first kappa shape index (κ1) is 20.8. The van der Waals surface area contributed by atoms with Crippen molar-refractivity contribution < 1.29 is 13.5 Å². The topological polar surface area (TPSA) is 43.2 Å². The van der Waals surface area contributed by atoms with Gasteiger partial charge in [-0.15, -0.1) is 10.2 Å². The van der Waals surface area contributed by atoms with Crippen LogP contribution in [-0.4, -0.2) is 39.9 Å². The van der Waals surface area contributed by atoms with Crippen molar-refractivity contribution in [1.82, 2.24) is 19.7 Å². The van der Waals surface area contributed by atoms with Crippen LogP contribution in [0.5, 0.6) is 5.75 Å². The van der Waals surface area contributed by atoms with E-state index < -0.39 is 0 Å². The number of hydrogen-bond acceptors (Lipinski definition) is 5. The lowest BCUT2D eigenvalue weighted by molar-refractivity contribution is 0.214. The summed E-state index contributed by atoms with van der Waals surface area (Å²) in [6, 6.07) is 11.3. The molecule has 1 aliphatic rings. The van der Waals surface area contributed by atoms with Gasteiger partial charge in [0.05, 0.1) is 13.7 Å². The molecule has 0 bridgehead atoms. The largest absolute Gasteiger partial charge is 0.494 e. The van der Waals surface area contributed by atoms with Gasteiger partial charge in [0.1, 0.15) is 5.82 Å². The number of hydrogen-bond donors (Lipinski definition) is 0. The molecule has 0 amide bonds. The van der Waals surface area contributed by atoms with Gasteiger partial charge in [0.2, 0.25) is 0 Å². The standard InChI is InChI=1S/C22H24F2N4OS/c1-29-20-10-5-16(13-19(20)24)15-30-22-26-25-21(14-27-11-3-2-4-12-27)28(22)18-8-6-17(23)7-9-18/h5-10,13H,2-4,11-12,14-15H2,1H3. The van der Waals surface area contributed by atoms with Gasteiger partial charge in [-0.3, -0.25) is 9.47 Å². The summed E-state index contributed by atoms with van der Waals surface area (Å²) in [6.07, 6.45) is 3.64. The second kappa shape index (κ2) is 9.57. The van der Waals surface area contributed by atoms with Gasteiger partial charge in [-0.1, -0.05) is 24.2 Å².